The summed E-state index contributed by atoms with van der Waals surface area (Å²) in [5.41, 5.74) is 10.7. The average molecular weight is 724 g/mol. The maximum atomic E-state index is 2.53. The molecule has 3 heteroatoms. The molecule has 0 atom stereocenters. The Morgan fingerprint density at radius 1 is 0.228 bits per heavy atom. The smallest absolute Gasteiger partial charge is 0.0627 e. The molecule has 0 saturated heterocycles. The van der Waals surface area contributed by atoms with Crippen molar-refractivity contribution in [2.45, 2.75) is 0 Å². The van der Waals surface area contributed by atoms with Crippen LogP contribution < -0.4 is 0 Å². The van der Waals surface area contributed by atoms with Crippen LogP contribution in [0.1, 0.15) is 0 Å². The van der Waals surface area contributed by atoms with E-state index in [1.165, 1.54) is 97.7 Å². The fourth-order valence-electron chi connectivity index (χ4n) is 9.99. The molecule has 3 nitrogen and oxygen atoms in total. The van der Waals surface area contributed by atoms with Gasteiger partial charge in [0.15, 0.2) is 0 Å². The predicted octanol–water partition coefficient (Wildman–Crippen LogP) is 14.4. The molecule has 0 amide bonds. The summed E-state index contributed by atoms with van der Waals surface area (Å²) < 4.78 is 7.51. The van der Waals surface area contributed by atoms with Crippen molar-refractivity contribution in [3.05, 3.63) is 200 Å². The van der Waals surface area contributed by atoms with Gasteiger partial charge in [0.25, 0.3) is 0 Å². The van der Waals surface area contributed by atoms with Crippen molar-refractivity contribution in [2.75, 3.05) is 0 Å². The average Bonchev–Trinajstić information content (AvgIpc) is 3.92. The second kappa shape index (κ2) is 11.5. The summed E-state index contributed by atoms with van der Waals surface area (Å²) in [6, 6.07) is 73.7. The van der Waals surface area contributed by atoms with Crippen molar-refractivity contribution in [3.8, 4) is 17.1 Å². The lowest BCUT2D eigenvalue weighted by atomic mass is 9.98. The Morgan fingerprint density at radius 2 is 0.772 bits per heavy atom. The van der Waals surface area contributed by atoms with Gasteiger partial charge in [-0.2, -0.15) is 0 Å². The lowest BCUT2D eigenvalue weighted by molar-refractivity contribution is 1.17. The summed E-state index contributed by atoms with van der Waals surface area (Å²) in [5, 5.41) is 15.0. The molecule has 0 aliphatic rings. The van der Waals surface area contributed by atoms with E-state index >= 15 is 0 Å². The predicted molar refractivity (Wildman–Crippen MR) is 242 cm³/mol. The van der Waals surface area contributed by atoms with Gasteiger partial charge in [0.1, 0.15) is 0 Å². The number of aromatic nitrogens is 3. The van der Waals surface area contributed by atoms with Crippen molar-refractivity contribution >= 4 is 97.7 Å². The number of nitrogens with zero attached hydrogens (tertiary/aromatic N) is 3. The third-order valence-electron chi connectivity index (χ3n) is 12.3. The van der Waals surface area contributed by atoms with Crippen LogP contribution in [0, 0.1) is 0 Å². The molecule has 3 heterocycles. The Bertz CT molecular complexity index is 3790. The Morgan fingerprint density at radius 3 is 1.51 bits per heavy atom. The van der Waals surface area contributed by atoms with E-state index in [0.717, 1.165) is 17.1 Å². The van der Waals surface area contributed by atoms with Gasteiger partial charge < -0.3 is 13.7 Å². The molecular formula is C54H33N3. The van der Waals surface area contributed by atoms with E-state index in [0.29, 0.717) is 0 Å². The number of benzene rings is 10. The van der Waals surface area contributed by atoms with Gasteiger partial charge in [-0.1, -0.05) is 140 Å². The summed E-state index contributed by atoms with van der Waals surface area (Å²) in [6.07, 6.45) is 0. The van der Waals surface area contributed by atoms with E-state index in [9.17, 15) is 0 Å². The van der Waals surface area contributed by atoms with Crippen LogP contribution >= 0.6 is 0 Å². The monoisotopic (exact) mass is 723 g/mol. The second-order valence-corrected chi connectivity index (χ2v) is 15.3. The topological polar surface area (TPSA) is 14.8 Å². The van der Waals surface area contributed by atoms with Crippen molar-refractivity contribution in [1.82, 2.24) is 13.7 Å². The largest absolute Gasteiger partial charge is 0.309 e. The van der Waals surface area contributed by atoms with Crippen LogP contribution in [0.15, 0.2) is 200 Å². The summed E-state index contributed by atoms with van der Waals surface area (Å²) in [5.74, 6) is 0. The maximum Gasteiger partial charge on any atom is 0.0627 e. The van der Waals surface area contributed by atoms with Gasteiger partial charge in [-0.15, -0.1) is 0 Å². The normalized spacial score (nSPS) is 12.2. The number of fused-ring (bicyclic) bond motifs is 16. The number of hydrogen-bond donors (Lipinski definition) is 0. The molecule has 10 aromatic carbocycles. The molecule has 0 spiro atoms. The molecule has 0 N–H and O–H groups in total. The summed E-state index contributed by atoms with van der Waals surface area (Å²) in [7, 11) is 0. The molecule has 0 unspecified atom stereocenters. The van der Waals surface area contributed by atoms with Crippen molar-refractivity contribution < 1.29 is 0 Å². The highest BCUT2D eigenvalue weighted by Gasteiger charge is 2.26. The van der Waals surface area contributed by atoms with Crippen molar-refractivity contribution in [3.63, 3.8) is 0 Å². The zero-order chi connectivity index (χ0) is 37.2. The number of rotatable bonds is 3. The molecule has 13 aromatic rings. The first-order valence-corrected chi connectivity index (χ1v) is 19.7. The van der Waals surface area contributed by atoms with E-state index in [-0.39, 0.29) is 0 Å². The Balaban J connectivity index is 1.28. The fraction of sp³-hybridized carbons (Fsp3) is 0. The van der Waals surface area contributed by atoms with Gasteiger partial charge in [-0.3, -0.25) is 0 Å². The van der Waals surface area contributed by atoms with E-state index in [1.807, 2.05) is 0 Å². The Kier molecular flexibility index (Phi) is 6.16. The van der Waals surface area contributed by atoms with Crippen LogP contribution in [0.2, 0.25) is 0 Å². The first-order valence-electron chi connectivity index (χ1n) is 19.7. The first-order chi connectivity index (χ1) is 28.3. The molecule has 0 saturated carbocycles. The molecule has 3 aromatic heterocycles. The second-order valence-electron chi connectivity index (χ2n) is 15.3. The van der Waals surface area contributed by atoms with Gasteiger partial charge in [0, 0.05) is 65.5 Å². The van der Waals surface area contributed by atoms with Crippen LogP contribution in [0.25, 0.3) is 115 Å². The van der Waals surface area contributed by atoms with Gasteiger partial charge in [-0.05, 0) is 76.8 Å². The van der Waals surface area contributed by atoms with Gasteiger partial charge in [0.2, 0.25) is 0 Å². The molecule has 264 valence electrons. The minimum Gasteiger partial charge on any atom is -0.309 e. The van der Waals surface area contributed by atoms with Gasteiger partial charge in [-0.25, -0.2) is 0 Å². The lowest BCUT2D eigenvalue weighted by Gasteiger charge is -2.13. The maximum absolute atomic E-state index is 2.53. The molecule has 0 aliphatic heterocycles. The van der Waals surface area contributed by atoms with Crippen LogP contribution in [-0.4, -0.2) is 13.7 Å². The molecule has 13 rings (SSSR count). The molecule has 57 heavy (non-hydrogen) atoms. The first kappa shape index (κ1) is 30.7. The molecular weight excluding hydrogens is 691 g/mol. The molecule has 0 aliphatic carbocycles. The Hall–Kier alpha value is -7.62. The lowest BCUT2D eigenvalue weighted by Crippen LogP contribution is -1.97. The van der Waals surface area contributed by atoms with E-state index < -0.39 is 0 Å². The molecule has 0 bridgehead atoms. The van der Waals surface area contributed by atoms with Gasteiger partial charge in [0.05, 0.1) is 33.1 Å². The van der Waals surface area contributed by atoms with E-state index in [2.05, 4.69) is 214 Å². The van der Waals surface area contributed by atoms with E-state index in [4.69, 9.17) is 0 Å². The highest BCUT2D eigenvalue weighted by atomic mass is 15.0. The van der Waals surface area contributed by atoms with Crippen LogP contribution in [-0.2, 0) is 0 Å². The number of hydrogen-bond acceptors (Lipinski definition) is 0. The SMILES string of the molecule is c1ccc(-n2c3ccc(-n4c5ccccc5c5cc6ccccc6cc54)cc3c3c4c5ccc6ccccc6c5n(-c5ccccc5)c4c4ccccc4c32)cc1. The Labute approximate surface area is 327 Å². The minimum absolute atomic E-state index is 1.15. The van der Waals surface area contributed by atoms with Crippen LogP contribution in [0.4, 0.5) is 0 Å². The molecule has 0 radical (unpaired) electrons. The van der Waals surface area contributed by atoms with Crippen molar-refractivity contribution in [2.24, 2.45) is 0 Å². The van der Waals surface area contributed by atoms with Gasteiger partial charge >= 0.3 is 0 Å². The zero-order valence-electron chi connectivity index (χ0n) is 30.9. The highest BCUT2D eigenvalue weighted by molar-refractivity contribution is 6.39. The summed E-state index contributed by atoms with van der Waals surface area (Å²) in [6.45, 7) is 0. The summed E-state index contributed by atoms with van der Waals surface area (Å²) in [4.78, 5) is 0. The third kappa shape index (κ3) is 4.15. The summed E-state index contributed by atoms with van der Waals surface area (Å²) >= 11 is 0. The third-order valence-corrected chi connectivity index (χ3v) is 12.3. The van der Waals surface area contributed by atoms with Crippen molar-refractivity contribution in [1.29, 1.82) is 0 Å². The van der Waals surface area contributed by atoms with Crippen LogP contribution in [0.5, 0.6) is 0 Å². The highest BCUT2D eigenvalue weighted by Crippen LogP contribution is 2.49. The molecule has 0 fully saturated rings. The quantitative estimate of drug-likeness (QED) is 0.172. The number of para-hydroxylation sites is 3. The van der Waals surface area contributed by atoms with E-state index in [1.54, 1.807) is 0 Å². The standard InChI is InChI=1S/C54H33N3/c1-3-18-37(19-4-1)56-48-30-28-39(55-47-26-14-13-23-41(47)45-31-35-16-7-8-17-36(35)32-49(45)55)33-46(48)51-50-44-29-27-34-15-9-10-22-40(34)52(44)57(38-20-5-2-6-21-38)54(50)43-25-12-11-24-42(43)53(51)56/h1-33H. The minimum atomic E-state index is 1.15. The van der Waals surface area contributed by atoms with Crippen LogP contribution in [0.3, 0.4) is 0 Å². The fourth-order valence-corrected chi connectivity index (χ4v) is 9.99. The zero-order valence-corrected chi connectivity index (χ0v) is 30.9.